The molecule has 0 N–H and O–H groups in total. The van der Waals surface area contributed by atoms with E-state index in [1.165, 1.54) is 0 Å². The highest BCUT2D eigenvalue weighted by Gasteiger charge is 2.20. The minimum absolute atomic E-state index is 0.603. The maximum absolute atomic E-state index is 6.14. The van der Waals surface area contributed by atoms with E-state index in [0.29, 0.717) is 17.5 Å². The highest BCUT2D eigenvalue weighted by Crippen LogP contribution is 2.40. The molecule has 0 spiro atoms. The summed E-state index contributed by atoms with van der Waals surface area (Å²) < 4.78 is 8.47. The molecule has 0 aliphatic rings. The lowest BCUT2D eigenvalue weighted by atomic mass is 10.0. The molecule has 4 aromatic heterocycles. The molecule has 0 radical (unpaired) electrons. The molecule has 0 atom stereocenters. The lowest BCUT2D eigenvalue weighted by Gasteiger charge is -2.13. The molecule has 6 heteroatoms. The van der Waals surface area contributed by atoms with Gasteiger partial charge in [-0.05, 0) is 54.1 Å². The number of aromatic nitrogens is 5. The van der Waals surface area contributed by atoms with Gasteiger partial charge in [0.2, 0.25) is 0 Å². The molecule has 4 heterocycles. The van der Waals surface area contributed by atoms with Gasteiger partial charge in [0.1, 0.15) is 11.2 Å². The largest absolute Gasteiger partial charge is 0.456 e. The second-order valence-corrected chi connectivity index (χ2v) is 13.9. The number of benzene rings is 7. The van der Waals surface area contributed by atoms with Crippen molar-refractivity contribution in [3.63, 3.8) is 0 Å². The Balaban J connectivity index is 1.12. The van der Waals surface area contributed by atoms with Gasteiger partial charge in [0.15, 0.2) is 17.5 Å². The zero-order chi connectivity index (χ0) is 37.0. The van der Waals surface area contributed by atoms with Crippen molar-refractivity contribution in [1.82, 2.24) is 24.5 Å². The van der Waals surface area contributed by atoms with E-state index in [0.717, 1.165) is 88.6 Å². The van der Waals surface area contributed by atoms with Crippen LogP contribution < -0.4 is 0 Å². The first-order valence-electron chi connectivity index (χ1n) is 18.6. The Kier molecular flexibility index (Phi) is 7.38. The van der Waals surface area contributed by atoms with Crippen molar-refractivity contribution in [2.75, 3.05) is 0 Å². The van der Waals surface area contributed by atoms with Gasteiger partial charge in [-0.15, -0.1) is 0 Å². The van der Waals surface area contributed by atoms with E-state index >= 15 is 0 Å². The van der Waals surface area contributed by atoms with Crippen LogP contribution in [0.4, 0.5) is 0 Å². The Morgan fingerprint density at radius 3 is 1.70 bits per heavy atom. The van der Waals surface area contributed by atoms with Crippen molar-refractivity contribution in [1.29, 1.82) is 0 Å². The van der Waals surface area contributed by atoms with E-state index in [2.05, 4.69) is 108 Å². The van der Waals surface area contributed by atoms with Crippen molar-refractivity contribution >= 4 is 43.9 Å². The third-order valence-corrected chi connectivity index (χ3v) is 10.4. The third kappa shape index (κ3) is 5.35. The summed E-state index contributed by atoms with van der Waals surface area (Å²) >= 11 is 0. The fourth-order valence-corrected chi connectivity index (χ4v) is 7.81. The summed E-state index contributed by atoms with van der Waals surface area (Å²) in [5.41, 5.74) is 12.7. The van der Waals surface area contributed by atoms with E-state index in [1.54, 1.807) is 0 Å². The van der Waals surface area contributed by atoms with Crippen LogP contribution >= 0.6 is 0 Å². The quantitative estimate of drug-likeness (QED) is 0.171. The van der Waals surface area contributed by atoms with Gasteiger partial charge in [0.25, 0.3) is 0 Å². The number of hydrogen-bond acceptors (Lipinski definition) is 5. The Bertz CT molecular complexity index is 3190. The molecular weight excluding hydrogens is 687 g/mol. The zero-order valence-electron chi connectivity index (χ0n) is 30.0. The normalized spacial score (nSPS) is 11.6. The van der Waals surface area contributed by atoms with Crippen LogP contribution in [0, 0.1) is 0 Å². The summed E-state index contributed by atoms with van der Waals surface area (Å²) in [6, 6.07) is 64.5. The van der Waals surface area contributed by atoms with Gasteiger partial charge in [-0.25, -0.2) is 19.9 Å². The van der Waals surface area contributed by atoms with Crippen LogP contribution in [0.5, 0.6) is 0 Å². The lowest BCUT2D eigenvalue weighted by Crippen LogP contribution is -2.01. The fraction of sp³-hybridized carbons (Fsp3) is 0. The molecule has 7 aromatic carbocycles. The van der Waals surface area contributed by atoms with Crippen LogP contribution in [0.15, 0.2) is 192 Å². The van der Waals surface area contributed by atoms with E-state index in [1.807, 2.05) is 84.9 Å². The summed E-state index contributed by atoms with van der Waals surface area (Å²) in [6.07, 6.45) is 0. The van der Waals surface area contributed by atoms with Crippen molar-refractivity contribution in [2.45, 2.75) is 0 Å². The lowest BCUT2D eigenvalue weighted by molar-refractivity contribution is 0.669. The van der Waals surface area contributed by atoms with Crippen LogP contribution in [0.2, 0.25) is 0 Å². The molecule has 0 aliphatic heterocycles. The number of hydrogen-bond donors (Lipinski definition) is 0. The van der Waals surface area contributed by atoms with Gasteiger partial charge in [0, 0.05) is 49.7 Å². The molecule has 0 saturated heterocycles. The molecular formula is C50H31N5O. The molecule has 0 bridgehead atoms. The molecule has 0 unspecified atom stereocenters. The maximum Gasteiger partial charge on any atom is 0.164 e. The molecule has 0 fully saturated rings. The molecule has 11 rings (SSSR count). The van der Waals surface area contributed by atoms with Gasteiger partial charge in [-0.1, -0.05) is 140 Å². The number of rotatable bonds is 6. The van der Waals surface area contributed by atoms with Crippen molar-refractivity contribution in [2.24, 2.45) is 0 Å². The predicted molar refractivity (Wildman–Crippen MR) is 226 cm³/mol. The van der Waals surface area contributed by atoms with Gasteiger partial charge in [-0.2, -0.15) is 0 Å². The second-order valence-electron chi connectivity index (χ2n) is 13.9. The summed E-state index contributed by atoms with van der Waals surface area (Å²) in [6.45, 7) is 0. The van der Waals surface area contributed by atoms with E-state index < -0.39 is 0 Å². The number of pyridine rings is 1. The van der Waals surface area contributed by atoms with Crippen LogP contribution in [0.3, 0.4) is 0 Å². The molecule has 0 saturated carbocycles. The van der Waals surface area contributed by atoms with Gasteiger partial charge in [-0.3, -0.25) is 0 Å². The van der Waals surface area contributed by atoms with E-state index in [4.69, 9.17) is 24.4 Å². The van der Waals surface area contributed by atoms with E-state index in [-0.39, 0.29) is 0 Å². The average molecular weight is 718 g/mol. The smallest absolute Gasteiger partial charge is 0.164 e. The summed E-state index contributed by atoms with van der Waals surface area (Å²) in [5, 5.41) is 3.25. The third-order valence-electron chi connectivity index (χ3n) is 10.4. The molecule has 56 heavy (non-hydrogen) atoms. The maximum atomic E-state index is 6.14. The highest BCUT2D eigenvalue weighted by atomic mass is 16.3. The standard InChI is InChI=1S/C50H31N5O/c1-4-14-32(15-5-1)38-23-13-24-40-46-43(28-27-42(51-46)35-26-29-45-41(31-35)39-22-10-11-25-44(39)56-45)55(47(38)40)37-21-12-20-36(30-37)50-53-48(33-16-6-2-7-17-33)52-49(54-50)34-18-8-3-9-19-34/h1-31H. The average Bonchev–Trinajstić information content (AvgIpc) is 3.82. The van der Waals surface area contributed by atoms with Crippen molar-refractivity contribution < 1.29 is 4.42 Å². The summed E-state index contributed by atoms with van der Waals surface area (Å²) in [5.74, 6) is 1.86. The minimum Gasteiger partial charge on any atom is -0.456 e. The van der Waals surface area contributed by atoms with Crippen LogP contribution in [-0.4, -0.2) is 24.5 Å². The number of fused-ring (bicyclic) bond motifs is 6. The molecule has 11 aromatic rings. The SMILES string of the molecule is c1ccc(-c2nc(-c3ccccc3)nc(-c3cccc(-n4c5ccc(-c6ccc7oc8ccccc8c7c6)nc5c5cccc(-c6ccccc6)c54)c3)n2)cc1. The first-order valence-corrected chi connectivity index (χ1v) is 18.6. The van der Waals surface area contributed by atoms with E-state index in [9.17, 15) is 0 Å². The van der Waals surface area contributed by atoms with Gasteiger partial charge in [0.05, 0.1) is 22.2 Å². The Hall–Kier alpha value is -7.70. The monoisotopic (exact) mass is 717 g/mol. The van der Waals surface area contributed by atoms with Crippen LogP contribution in [0.1, 0.15) is 0 Å². The molecule has 262 valence electrons. The van der Waals surface area contributed by atoms with Crippen molar-refractivity contribution in [3.8, 4) is 62.2 Å². The van der Waals surface area contributed by atoms with Gasteiger partial charge >= 0.3 is 0 Å². The Morgan fingerprint density at radius 1 is 0.375 bits per heavy atom. The molecule has 6 nitrogen and oxygen atoms in total. The van der Waals surface area contributed by atoms with Gasteiger partial charge < -0.3 is 8.98 Å². The Morgan fingerprint density at radius 2 is 0.964 bits per heavy atom. The number of furan rings is 1. The zero-order valence-corrected chi connectivity index (χ0v) is 30.0. The molecule has 0 aliphatic carbocycles. The topological polar surface area (TPSA) is 69.6 Å². The highest BCUT2D eigenvalue weighted by molar-refractivity contribution is 6.13. The minimum atomic E-state index is 0.603. The first kappa shape index (κ1) is 31.8. The first-order chi connectivity index (χ1) is 27.7. The Labute approximate surface area is 322 Å². The second kappa shape index (κ2) is 13.0. The number of nitrogens with zero attached hydrogens (tertiary/aromatic N) is 5. The summed E-state index contributed by atoms with van der Waals surface area (Å²) in [7, 11) is 0. The van der Waals surface area contributed by atoms with Crippen molar-refractivity contribution in [3.05, 3.63) is 188 Å². The van der Waals surface area contributed by atoms with Crippen LogP contribution in [-0.2, 0) is 0 Å². The number of para-hydroxylation sites is 2. The molecule has 0 amide bonds. The summed E-state index contributed by atoms with van der Waals surface area (Å²) in [4.78, 5) is 20.4. The van der Waals surface area contributed by atoms with Crippen LogP contribution in [0.25, 0.3) is 106 Å². The fourth-order valence-electron chi connectivity index (χ4n) is 7.81. The predicted octanol–water partition coefficient (Wildman–Crippen LogP) is 12.6.